The molecule has 1 heterocycles. The van der Waals surface area contributed by atoms with Gasteiger partial charge in [0.2, 0.25) is 15.9 Å². The summed E-state index contributed by atoms with van der Waals surface area (Å²) < 4.78 is 55.6. The zero-order chi connectivity index (χ0) is 21.1. The maximum atomic E-state index is 12.4. The fraction of sp³-hybridized carbons (Fsp3) is 0.632. The highest BCUT2D eigenvalue weighted by Gasteiger charge is 2.32. The number of benzene rings is 1. The highest BCUT2D eigenvalue weighted by atomic mass is 32.2. The lowest BCUT2D eigenvalue weighted by Crippen LogP contribution is -2.41. The van der Waals surface area contributed by atoms with Crippen molar-refractivity contribution in [3.8, 4) is 5.75 Å². The molecular formula is C19H28N2O6S2. The van der Waals surface area contributed by atoms with E-state index >= 15 is 0 Å². The van der Waals surface area contributed by atoms with Gasteiger partial charge < -0.3 is 10.1 Å². The van der Waals surface area contributed by atoms with Crippen molar-refractivity contribution in [2.45, 2.75) is 43.0 Å². The van der Waals surface area contributed by atoms with E-state index in [1.54, 1.807) is 12.1 Å². The van der Waals surface area contributed by atoms with Crippen molar-refractivity contribution in [1.82, 2.24) is 10.0 Å². The average molecular weight is 445 g/mol. The minimum Gasteiger partial charge on any atom is -0.497 e. The van der Waals surface area contributed by atoms with Gasteiger partial charge in [-0.2, -0.15) is 0 Å². The van der Waals surface area contributed by atoms with Gasteiger partial charge in [0, 0.05) is 18.5 Å². The van der Waals surface area contributed by atoms with Crippen LogP contribution in [0.2, 0.25) is 0 Å². The summed E-state index contributed by atoms with van der Waals surface area (Å²) in [5.74, 6) is 0.729. The van der Waals surface area contributed by atoms with E-state index in [1.807, 2.05) is 0 Å². The molecule has 2 fully saturated rings. The van der Waals surface area contributed by atoms with Gasteiger partial charge in [-0.25, -0.2) is 21.6 Å². The molecule has 0 aromatic heterocycles. The fourth-order valence-corrected chi connectivity index (χ4v) is 6.71. The molecule has 0 bridgehead atoms. The smallest absolute Gasteiger partial charge is 0.240 e. The van der Waals surface area contributed by atoms with Gasteiger partial charge in [-0.15, -0.1) is 0 Å². The third-order valence-corrected chi connectivity index (χ3v) is 8.94. The lowest BCUT2D eigenvalue weighted by Gasteiger charge is -2.28. The summed E-state index contributed by atoms with van der Waals surface area (Å²) in [6, 6.07) is 5.95. The van der Waals surface area contributed by atoms with Crippen LogP contribution in [0.4, 0.5) is 0 Å². The summed E-state index contributed by atoms with van der Waals surface area (Å²) in [7, 11) is -5.08. The van der Waals surface area contributed by atoms with Crippen LogP contribution in [-0.2, 0) is 24.7 Å². The fourth-order valence-electron chi connectivity index (χ4n) is 3.92. The van der Waals surface area contributed by atoms with Crippen molar-refractivity contribution in [2.24, 2.45) is 11.8 Å². The maximum Gasteiger partial charge on any atom is 0.240 e. The Kier molecular flexibility index (Phi) is 6.85. The quantitative estimate of drug-likeness (QED) is 0.650. The van der Waals surface area contributed by atoms with E-state index in [4.69, 9.17) is 4.74 Å². The molecule has 162 valence electrons. The van der Waals surface area contributed by atoms with E-state index in [0.717, 1.165) is 12.8 Å². The SMILES string of the molecule is COc1ccc(S(=O)(=O)NCC2CCC(C(=O)N[C@@H]3CCS(=O)(=O)C3)CC2)cc1. The number of carbonyl (C=O) groups excluding carboxylic acids is 1. The largest absolute Gasteiger partial charge is 0.497 e. The summed E-state index contributed by atoms with van der Waals surface area (Å²) in [5.41, 5.74) is 0. The molecule has 1 atom stereocenters. The number of hydrogen-bond donors (Lipinski definition) is 2. The second-order valence-corrected chi connectivity index (χ2v) is 11.8. The topological polar surface area (TPSA) is 119 Å². The first-order valence-electron chi connectivity index (χ1n) is 9.83. The molecule has 1 saturated carbocycles. The Morgan fingerprint density at radius 3 is 2.31 bits per heavy atom. The average Bonchev–Trinajstić information content (AvgIpc) is 3.05. The van der Waals surface area contributed by atoms with Crippen LogP contribution in [0.1, 0.15) is 32.1 Å². The molecule has 0 unspecified atom stereocenters. The Morgan fingerprint density at radius 2 is 1.76 bits per heavy atom. The summed E-state index contributed by atoms with van der Waals surface area (Å²) >= 11 is 0. The molecule has 0 spiro atoms. The van der Waals surface area contributed by atoms with Crippen LogP contribution in [0.25, 0.3) is 0 Å². The van der Waals surface area contributed by atoms with E-state index in [-0.39, 0.29) is 40.2 Å². The van der Waals surface area contributed by atoms with Crippen molar-refractivity contribution in [1.29, 1.82) is 0 Å². The zero-order valence-electron chi connectivity index (χ0n) is 16.5. The Labute approximate surface area is 172 Å². The van der Waals surface area contributed by atoms with Crippen LogP contribution in [0.15, 0.2) is 29.2 Å². The number of sulfone groups is 1. The Balaban J connectivity index is 1.44. The van der Waals surface area contributed by atoms with Gasteiger partial charge in [0.25, 0.3) is 0 Å². The number of nitrogens with one attached hydrogen (secondary N) is 2. The summed E-state index contributed by atoms with van der Waals surface area (Å²) in [4.78, 5) is 12.6. The molecule has 1 aliphatic heterocycles. The normalized spacial score (nSPS) is 26.7. The Bertz CT molecular complexity index is 920. The molecule has 29 heavy (non-hydrogen) atoms. The minimum absolute atomic E-state index is 0.0290. The number of rotatable bonds is 7. The second kappa shape index (κ2) is 9.01. The number of amides is 1. The summed E-state index contributed by atoms with van der Waals surface area (Å²) in [6.45, 7) is 0.337. The molecule has 1 aromatic carbocycles. The standard InChI is InChI=1S/C19H28N2O6S2/c1-27-17-6-8-18(9-7-17)29(25,26)20-12-14-2-4-15(5-3-14)19(22)21-16-10-11-28(23,24)13-16/h6-9,14-16,20H,2-5,10-13H2,1H3,(H,21,22)/t14?,15?,16-/m1/s1. The van der Waals surface area contributed by atoms with Crippen LogP contribution in [-0.4, -0.2) is 53.9 Å². The van der Waals surface area contributed by atoms with Crippen molar-refractivity contribution >= 4 is 25.8 Å². The predicted octanol–water partition coefficient (Wildman–Crippen LogP) is 1.08. The molecule has 0 radical (unpaired) electrons. The van der Waals surface area contributed by atoms with Crippen molar-refractivity contribution in [2.75, 3.05) is 25.2 Å². The number of hydrogen-bond acceptors (Lipinski definition) is 6. The first-order valence-corrected chi connectivity index (χ1v) is 13.1. The van der Waals surface area contributed by atoms with Crippen molar-refractivity contribution in [3.05, 3.63) is 24.3 Å². The van der Waals surface area contributed by atoms with E-state index in [0.29, 0.717) is 31.6 Å². The van der Waals surface area contributed by atoms with E-state index in [9.17, 15) is 21.6 Å². The number of carbonyl (C=O) groups is 1. The number of ether oxygens (including phenoxy) is 1. The van der Waals surface area contributed by atoms with Crippen LogP contribution in [0.3, 0.4) is 0 Å². The highest BCUT2D eigenvalue weighted by molar-refractivity contribution is 7.91. The molecule has 1 aliphatic carbocycles. The molecule has 10 heteroatoms. The lowest BCUT2D eigenvalue weighted by molar-refractivity contribution is -0.126. The number of sulfonamides is 1. The van der Waals surface area contributed by atoms with Crippen molar-refractivity contribution in [3.63, 3.8) is 0 Å². The molecule has 1 aromatic rings. The molecule has 1 amide bonds. The van der Waals surface area contributed by atoms with E-state index in [1.165, 1.54) is 19.2 Å². The summed E-state index contributed by atoms with van der Waals surface area (Å²) in [6.07, 6.45) is 3.36. The van der Waals surface area contributed by atoms with E-state index in [2.05, 4.69) is 10.0 Å². The van der Waals surface area contributed by atoms with Crippen LogP contribution in [0, 0.1) is 11.8 Å². The third-order valence-electron chi connectivity index (χ3n) is 5.73. The number of methoxy groups -OCH3 is 1. The van der Waals surface area contributed by atoms with E-state index < -0.39 is 19.9 Å². The van der Waals surface area contributed by atoms with Gasteiger partial charge in [-0.05, 0) is 62.3 Å². The molecular weight excluding hydrogens is 416 g/mol. The monoisotopic (exact) mass is 444 g/mol. The lowest BCUT2D eigenvalue weighted by atomic mass is 9.81. The molecule has 8 nitrogen and oxygen atoms in total. The van der Waals surface area contributed by atoms with Gasteiger partial charge in [0.05, 0.1) is 23.5 Å². The van der Waals surface area contributed by atoms with Gasteiger partial charge in [-0.1, -0.05) is 0 Å². The molecule has 3 rings (SSSR count). The third kappa shape index (κ3) is 5.93. The van der Waals surface area contributed by atoms with Crippen LogP contribution >= 0.6 is 0 Å². The second-order valence-electron chi connectivity index (χ2n) is 7.85. The Morgan fingerprint density at radius 1 is 1.10 bits per heavy atom. The van der Waals surface area contributed by atoms with Crippen molar-refractivity contribution < 1.29 is 26.4 Å². The van der Waals surface area contributed by atoms with Crippen LogP contribution < -0.4 is 14.8 Å². The maximum absolute atomic E-state index is 12.4. The summed E-state index contributed by atoms with van der Waals surface area (Å²) in [5, 5.41) is 2.87. The van der Waals surface area contributed by atoms with Gasteiger partial charge in [0.15, 0.2) is 9.84 Å². The van der Waals surface area contributed by atoms with Gasteiger partial charge in [0.1, 0.15) is 5.75 Å². The highest BCUT2D eigenvalue weighted by Crippen LogP contribution is 2.29. The molecule has 1 saturated heterocycles. The van der Waals surface area contributed by atoms with Gasteiger partial charge in [-0.3, -0.25) is 4.79 Å². The minimum atomic E-state index is -3.58. The van der Waals surface area contributed by atoms with Crippen LogP contribution in [0.5, 0.6) is 5.75 Å². The Hall–Kier alpha value is -1.65. The molecule has 2 aliphatic rings. The van der Waals surface area contributed by atoms with Gasteiger partial charge >= 0.3 is 0 Å². The molecule has 2 N–H and O–H groups in total. The first kappa shape index (κ1) is 22.0. The predicted molar refractivity (Wildman–Crippen MR) is 109 cm³/mol. The zero-order valence-corrected chi connectivity index (χ0v) is 18.1. The first-order chi connectivity index (χ1) is 13.7.